The van der Waals surface area contributed by atoms with Crippen molar-refractivity contribution in [2.24, 2.45) is 11.3 Å². The molecule has 150 valence electrons. The number of carbonyl (C=O) groups is 1. The number of piperazine rings is 1. The Morgan fingerprint density at radius 3 is 2.52 bits per heavy atom. The minimum absolute atomic E-state index is 0.0139. The fourth-order valence-corrected chi connectivity index (χ4v) is 4.49. The zero-order valence-electron chi connectivity index (χ0n) is 15.4. The number of pyridine rings is 1. The molecule has 1 aromatic heterocycles. The molecule has 0 spiro atoms. The Kier molecular flexibility index (Phi) is 4.54. The van der Waals surface area contributed by atoms with Crippen molar-refractivity contribution in [3.63, 3.8) is 0 Å². The summed E-state index contributed by atoms with van der Waals surface area (Å²) < 4.78 is 42.0. The van der Waals surface area contributed by atoms with Crippen molar-refractivity contribution in [3.05, 3.63) is 23.9 Å². The summed E-state index contributed by atoms with van der Waals surface area (Å²) >= 11 is 0. The molecule has 0 aromatic carbocycles. The van der Waals surface area contributed by atoms with E-state index in [-0.39, 0.29) is 24.5 Å². The molecule has 1 amide bonds. The van der Waals surface area contributed by atoms with E-state index in [1.54, 1.807) is 0 Å². The standard InChI is InChI=1S/C17H24F3N5O2/c1-15(2,3)16-6-11(8-25(16)14(26)27)24(9-16)13(17(18,19)20)10-4-5-12(23-21)22-7-10/h4-5,7,11,13H,6,8-9,21H2,1-3H3,(H,22,23)(H,26,27)/t11-,13-,16+/m0/s1. The van der Waals surface area contributed by atoms with Crippen LogP contribution in [0.4, 0.5) is 23.8 Å². The van der Waals surface area contributed by atoms with Gasteiger partial charge in [-0.25, -0.2) is 15.6 Å². The van der Waals surface area contributed by atoms with Crippen LogP contribution in [0.15, 0.2) is 18.3 Å². The Bertz CT molecular complexity index is 719. The number of alkyl halides is 3. The predicted octanol–water partition coefficient (Wildman–Crippen LogP) is 2.82. The maximum absolute atomic E-state index is 14.0. The summed E-state index contributed by atoms with van der Waals surface area (Å²) in [5.74, 6) is 5.51. The van der Waals surface area contributed by atoms with Crippen molar-refractivity contribution >= 4 is 11.9 Å². The molecule has 3 rings (SSSR count). The third-order valence-electron chi connectivity index (χ3n) is 5.92. The normalized spacial score (nSPS) is 27.1. The molecular weight excluding hydrogens is 363 g/mol. The molecule has 0 saturated carbocycles. The van der Waals surface area contributed by atoms with E-state index in [9.17, 15) is 23.1 Å². The fraction of sp³-hybridized carbons (Fsp3) is 0.647. The fourth-order valence-electron chi connectivity index (χ4n) is 4.49. The van der Waals surface area contributed by atoms with Gasteiger partial charge in [-0.2, -0.15) is 13.2 Å². The highest BCUT2D eigenvalue weighted by Gasteiger charge is 2.65. The molecule has 7 nitrogen and oxygen atoms in total. The second kappa shape index (κ2) is 6.23. The summed E-state index contributed by atoms with van der Waals surface area (Å²) in [6.45, 7) is 5.71. The van der Waals surface area contributed by atoms with Crippen LogP contribution in [0, 0.1) is 5.41 Å². The topological polar surface area (TPSA) is 94.7 Å². The van der Waals surface area contributed by atoms with E-state index < -0.39 is 35.3 Å². The van der Waals surface area contributed by atoms with Crippen molar-refractivity contribution in [2.75, 3.05) is 18.5 Å². The van der Waals surface area contributed by atoms with Crippen molar-refractivity contribution < 1.29 is 23.1 Å². The molecule has 3 heterocycles. The molecule has 2 fully saturated rings. The van der Waals surface area contributed by atoms with Gasteiger partial charge in [0.15, 0.2) is 0 Å². The predicted molar refractivity (Wildman–Crippen MR) is 92.9 cm³/mol. The van der Waals surface area contributed by atoms with Gasteiger partial charge in [0.1, 0.15) is 11.9 Å². The molecule has 2 aliphatic heterocycles. The summed E-state index contributed by atoms with van der Waals surface area (Å²) in [7, 11) is 0. The number of likely N-dealkylation sites (tertiary alicyclic amines) is 2. The molecule has 0 radical (unpaired) electrons. The summed E-state index contributed by atoms with van der Waals surface area (Å²) in [5, 5.41) is 9.58. The number of hydrazine groups is 1. The highest BCUT2D eigenvalue weighted by molar-refractivity contribution is 5.67. The average molecular weight is 387 g/mol. The van der Waals surface area contributed by atoms with E-state index >= 15 is 0 Å². The number of aromatic nitrogens is 1. The van der Waals surface area contributed by atoms with E-state index in [2.05, 4.69) is 10.4 Å². The van der Waals surface area contributed by atoms with Crippen LogP contribution < -0.4 is 11.3 Å². The van der Waals surface area contributed by atoms with Gasteiger partial charge >= 0.3 is 12.3 Å². The molecular formula is C17H24F3N5O2. The molecule has 2 saturated heterocycles. The number of hydrogen-bond acceptors (Lipinski definition) is 5. The Hall–Kier alpha value is -2.07. The highest BCUT2D eigenvalue weighted by Crippen LogP contribution is 2.54. The Morgan fingerprint density at radius 2 is 2.07 bits per heavy atom. The summed E-state index contributed by atoms with van der Waals surface area (Å²) in [4.78, 5) is 18.3. The Labute approximate surface area is 155 Å². The molecule has 3 atom stereocenters. The first-order valence-electron chi connectivity index (χ1n) is 8.66. The average Bonchev–Trinajstić information content (AvgIpc) is 3.11. The van der Waals surface area contributed by atoms with Crippen LogP contribution in [-0.2, 0) is 0 Å². The zero-order chi connectivity index (χ0) is 20.2. The maximum atomic E-state index is 14.0. The smallest absolute Gasteiger partial charge is 0.408 e. The number of hydrogen-bond donors (Lipinski definition) is 3. The first-order valence-corrected chi connectivity index (χ1v) is 8.66. The number of nitrogens with one attached hydrogen (secondary N) is 1. The summed E-state index contributed by atoms with van der Waals surface area (Å²) in [6.07, 6.45) is -4.06. The van der Waals surface area contributed by atoms with Crippen LogP contribution >= 0.6 is 0 Å². The van der Waals surface area contributed by atoms with Gasteiger partial charge in [-0.15, -0.1) is 0 Å². The van der Waals surface area contributed by atoms with Crippen LogP contribution in [0.3, 0.4) is 0 Å². The van der Waals surface area contributed by atoms with E-state index in [1.807, 2.05) is 20.8 Å². The first kappa shape index (κ1) is 19.7. The van der Waals surface area contributed by atoms with Gasteiger partial charge < -0.3 is 10.5 Å². The van der Waals surface area contributed by atoms with Gasteiger partial charge in [-0.1, -0.05) is 26.8 Å². The lowest BCUT2D eigenvalue weighted by Crippen LogP contribution is -2.62. The number of fused-ring (bicyclic) bond motifs is 2. The minimum Gasteiger partial charge on any atom is -0.465 e. The molecule has 0 aliphatic carbocycles. The molecule has 2 aliphatic rings. The van der Waals surface area contributed by atoms with Gasteiger partial charge in [0.05, 0.1) is 5.54 Å². The number of anilines is 1. The Balaban J connectivity index is 2.00. The Morgan fingerprint density at radius 1 is 1.41 bits per heavy atom. The zero-order valence-corrected chi connectivity index (χ0v) is 15.4. The number of nitrogen functional groups attached to an aromatic ring is 1. The molecule has 10 heteroatoms. The number of nitrogens with zero attached hydrogens (tertiary/aromatic N) is 3. The summed E-state index contributed by atoms with van der Waals surface area (Å²) in [5.41, 5.74) is 0.943. The second-order valence-corrected chi connectivity index (χ2v) is 8.27. The van der Waals surface area contributed by atoms with Crippen LogP contribution in [-0.4, -0.2) is 56.8 Å². The quantitative estimate of drug-likeness (QED) is 0.545. The summed E-state index contributed by atoms with van der Waals surface area (Å²) in [6, 6.07) is 0.401. The lowest BCUT2D eigenvalue weighted by atomic mass is 9.73. The highest BCUT2D eigenvalue weighted by atomic mass is 19.4. The van der Waals surface area contributed by atoms with Crippen molar-refractivity contribution in [2.45, 2.75) is 51.0 Å². The second-order valence-electron chi connectivity index (χ2n) is 8.27. The van der Waals surface area contributed by atoms with Crippen LogP contribution in [0.2, 0.25) is 0 Å². The third kappa shape index (κ3) is 3.10. The largest absolute Gasteiger partial charge is 0.465 e. The van der Waals surface area contributed by atoms with Gasteiger partial charge in [0.25, 0.3) is 0 Å². The van der Waals surface area contributed by atoms with Gasteiger partial charge in [-0.3, -0.25) is 9.80 Å². The number of halogens is 3. The maximum Gasteiger partial charge on any atom is 0.408 e. The van der Waals surface area contributed by atoms with E-state index in [0.29, 0.717) is 6.42 Å². The number of carboxylic acid groups (broad SMARTS) is 1. The molecule has 4 N–H and O–H groups in total. The molecule has 1 aromatic rings. The SMILES string of the molecule is CC(C)(C)[C@]12C[C@@H](CN1C(=O)O)N([C@@H](c1ccc(NN)nc1)C(F)(F)F)C2. The van der Waals surface area contributed by atoms with Crippen LogP contribution in [0.1, 0.15) is 38.8 Å². The van der Waals surface area contributed by atoms with Crippen LogP contribution in [0.25, 0.3) is 0 Å². The minimum atomic E-state index is -4.52. The lowest BCUT2D eigenvalue weighted by Gasteiger charge is -2.49. The van der Waals surface area contributed by atoms with E-state index in [1.165, 1.54) is 21.9 Å². The third-order valence-corrected chi connectivity index (χ3v) is 5.92. The van der Waals surface area contributed by atoms with Crippen molar-refractivity contribution in [1.82, 2.24) is 14.8 Å². The number of nitrogens with two attached hydrogens (primary N) is 1. The van der Waals surface area contributed by atoms with Crippen molar-refractivity contribution in [3.8, 4) is 0 Å². The van der Waals surface area contributed by atoms with E-state index in [4.69, 9.17) is 5.84 Å². The number of rotatable bonds is 3. The molecule has 2 bridgehead atoms. The first-order chi connectivity index (χ1) is 12.4. The molecule has 27 heavy (non-hydrogen) atoms. The lowest BCUT2D eigenvalue weighted by molar-refractivity contribution is -0.195. The number of amides is 1. The van der Waals surface area contributed by atoms with Crippen molar-refractivity contribution in [1.29, 1.82) is 0 Å². The van der Waals surface area contributed by atoms with Gasteiger partial charge in [0, 0.05) is 25.3 Å². The van der Waals surface area contributed by atoms with Gasteiger partial charge in [-0.05, 0) is 23.5 Å². The van der Waals surface area contributed by atoms with Gasteiger partial charge in [0.2, 0.25) is 0 Å². The van der Waals surface area contributed by atoms with E-state index in [0.717, 1.165) is 6.20 Å². The monoisotopic (exact) mass is 387 g/mol. The van der Waals surface area contributed by atoms with Crippen LogP contribution in [0.5, 0.6) is 0 Å². The molecule has 0 unspecified atom stereocenters.